The van der Waals surface area contributed by atoms with E-state index in [2.05, 4.69) is 10.4 Å². The normalized spacial score (nSPS) is 16.6. The quantitative estimate of drug-likeness (QED) is 0.347. The van der Waals surface area contributed by atoms with E-state index in [1.807, 2.05) is 6.92 Å². The molecule has 3 rings (SSSR count). The first-order chi connectivity index (χ1) is 13.8. The molecule has 0 radical (unpaired) electrons. The lowest BCUT2D eigenvalue weighted by molar-refractivity contribution is -0.514. The van der Waals surface area contributed by atoms with Crippen molar-refractivity contribution >= 4 is 23.3 Å². The first-order valence-corrected chi connectivity index (χ1v) is 8.85. The van der Waals surface area contributed by atoms with E-state index in [-0.39, 0.29) is 11.3 Å². The average Bonchev–Trinajstić information content (AvgIpc) is 2.99. The van der Waals surface area contributed by atoms with Crippen molar-refractivity contribution in [1.82, 2.24) is 5.01 Å². The number of hydrogen-bond donors (Lipinski definition) is 1. The van der Waals surface area contributed by atoms with Gasteiger partial charge in [0.15, 0.2) is 0 Å². The van der Waals surface area contributed by atoms with Gasteiger partial charge in [-0.3, -0.25) is 14.9 Å². The van der Waals surface area contributed by atoms with Crippen LogP contribution in [0.2, 0.25) is 0 Å². The maximum atomic E-state index is 12.9. The number of amides is 1. The number of benzene rings is 2. The summed E-state index contributed by atoms with van der Waals surface area (Å²) in [6, 6.07) is 11.7. The third kappa shape index (κ3) is 4.23. The molecule has 29 heavy (non-hydrogen) atoms. The minimum Gasteiger partial charge on any atom is -0.446 e. The van der Waals surface area contributed by atoms with Gasteiger partial charge in [-0.15, -0.1) is 0 Å². The summed E-state index contributed by atoms with van der Waals surface area (Å²) in [5.41, 5.74) is 1.71. The molecule has 0 unspecified atom stereocenters. The fourth-order valence-electron chi connectivity index (χ4n) is 3.05. The van der Waals surface area contributed by atoms with Gasteiger partial charge in [-0.25, -0.2) is 4.79 Å². The minimum atomic E-state index is -1.67. The fourth-order valence-corrected chi connectivity index (χ4v) is 3.05. The molecule has 9 nitrogen and oxygen atoms in total. The summed E-state index contributed by atoms with van der Waals surface area (Å²) in [4.78, 5) is 36.4. The van der Waals surface area contributed by atoms with Gasteiger partial charge in [0.2, 0.25) is 11.8 Å². The van der Waals surface area contributed by atoms with Crippen molar-refractivity contribution < 1.29 is 19.2 Å². The number of carbonyl (C=O) groups excluding carboxylic acids is 2. The molecular weight excluding hydrogens is 376 g/mol. The first-order valence-electron chi connectivity index (χ1n) is 8.85. The lowest BCUT2D eigenvalue weighted by atomic mass is 9.96. The molecule has 0 saturated heterocycles. The van der Waals surface area contributed by atoms with Crippen molar-refractivity contribution in [3.05, 3.63) is 75.3 Å². The van der Waals surface area contributed by atoms with Gasteiger partial charge in [-0.1, -0.05) is 35.9 Å². The number of esters is 1. The van der Waals surface area contributed by atoms with E-state index in [1.165, 1.54) is 11.1 Å². The molecule has 1 N–H and O–H groups in total. The zero-order valence-corrected chi connectivity index (χ0v) is 16.2. The highest BCUT2D eigenvalue weighted by molar-refractivity contribution is 6.44. The van der Waals surface area contributed by atoms with Crippen molar-refractivity contribution in [2.24, 2.45) is 5.10 Å². The Hall–Kier alpha value is -3.75. The summed E-state index contributed by atoms with van der Waals surface area (Å²) in [5.74, 6) is -1.41. The SMILES string of the molecule is Cc1ccc(NC(=O)/C(=N\N(C)C)[C@H]([C@H]2OC(=O)c3ccccc32)[N+](=O)[O-])cc1. The molecule has 1 aliphatic heterocycles. The zero-order valence-electron chi connectivity index (χ0n) is 16.2. The van der Waals surface area contributed by atoms with Crippen molar-refractivity contribution in [3.8, 4) is 0 Å². The van der Waals surface area contributed by atoms with Gasteiger partial charge in [-0.05, 0) is 25.1 Å². The maximum absolute atomic E-state index is 12.9. The summed E-state index contributed by atoms with van der Waals surface area (Å²) in [6.07, 6.45) is -1.25. The number of fused-ring (bicyclic) bond motifs is 1. The molecule has 2 atom stereocenters. The van der Waals surface area contributed by atoms with E-state index in [4.69, 9.17) is 4.74 Å². The molecule has 1 amide bonds. The number of aryl methyl sites for hydroxylation is 1. The first kappa shape index (κ1) is 20.0. The van der Waals surface area contributed by atoms with E-state index in [0.29, 0.717) is 11.3 Å². The standard InChI is InChI=1S/C20H20N4O5/c1-12-8-10-13(11-9-12)21-19(25)16(22-23(2)3)17(24(27)28)18-14-6-4-5-7-15(14)20(26)29-18/h4-11,17-18H,1-3H3,(H,21,25)/b22-16-/t17-,18+/m1/s1. The number of hydrogen-bond acceptors (Lipinski definition) is 7. The Morgan fingerprint density at radius 2 is 1.86 bits per heavy atom. The second-order valence-electron chi connectivity index (χ2n) is 6.80. The number of cyclic esters (lactones) is 1. The van der Waals surface area contributed by atoms with Crippen molar-refractivity contribution in [1.29, 1.82) is 0 Å². The van der Waals surface area contributed by atoms with Crippen LogP contribution in [0.3, 0.4) is 0 Å². The Labute approximate surface area is 167 Å². The third-order valence-electron chi connectivity index (χ3n) is 4.37. The molecule has 1 heterocycles. The lowest BCUT2D eigenvalue weighted by Crippen LogP contribution is -2.43. The smallest absolute Gasteiger partial charge is 0.339 e. The molecule has 150 valence electrons. The topological polar surface area (TPSA) is 114 Å². The summed E-state index contributed by atoms with van der Waals surface area (Å²) >= 11 is 0. The molecule has 2 aromatic carbocycles. The van der Waals surface area contributed by atoms with Crippen LogP contribution in [-0.4, -0.2) is 47.7 Å². The number of hydrazone groups is 1. The highest BCUT2D eigenvalue weighted by Gasteiger charge is 2.48. The molecule has 9 heteroatoms. The summed E-state index contributed by atoms with van der Waals surface area (Å²) in [5, 5.41) is 19.9. The highest BCUT2D eigenvalue weighted by Crippen LogP contribution is 2.34. The number of ether oxygens (including phenoxy) is 1. The van der Waals surface area contributed by atoms with Crippen molar-refractivity contribution in [2.45, 2.75) is 19.1 Å². The van der Waals surface area contributed by atoms with Crippen LogP contribution in [0, 0.1) is 17.0 Å². The van der Waals surface area contributed by atoms with E-state index >= 15 is 0 Å². The van der Waals surface area contributed by atoms with Gasteiger partial charge in [0, 0.05) is 30.3 Å². The van der Waals surface area contributed by atoms with Gasteiger partial charge in [0.25, 0.3) is 5.91 Å². The van der Waals surface area contributed by atoms with E-state index in [1.54, 1.807) is 56.6 Å². The Balaban J connectivity index is 1.99. The number of nitrogens with zero attached hydrogens (tertiary/aromatic N) is 3. The molecule has 0 aliphatic carbocycles. The van der Waals surface area contributed by atoms with Crippen LogP contribution in [0.15, 0.2) is 53.6 Å². The molecule has 0 spiro atoms. The second-order valence-corrected chi connectivity index (χ2v) is 6.80. The largest absolute Gasteiger partial charge is 0.446 e. The van der Waals surface area contributed by atoms with Crippen LogP contribution in [0.5, 0.6) is 0 Å². The van der Waals surface area contributed by atoms with Crippen LogP contribution >= 0.6 is 0 Å². The lowest BCUT2D eigenvalue weighted by Gasteiger charge is -2.19. The van der Waals surface area contributed by atoms with Crippen LogP contribution in [-0.2, 0) is 9.53 Å². The van der Waals surface area contributed by atoms with Crippen LogP contribution < -0.4 is 5.32 Å². The summed E-state index contributed by atoms with van der Waals surface area (Å²) < 4.78 is 5.27. The molecular formula is C20H20N4O5. The number of anilines is 1. The predicted octanol–water partition coefficient (Wildman–Crippen LogP) is 2.41. The van der Waals surface area contributed by atoms with Crippen LogP contribution in [0.1, 0.15) is 27.6 Å². The number of carbonyl (C=O) groups is 2. The Kier molecular flexibility index (Phi) is 5.58. The number of nitrogens with one attached hydrogen (secondary N) is 1. The molecule has 0 bridgehead atoms. The van der Waals surface area contributed by atoms with Crippen molar-refractivity contribution in [3.63, 3.8) is 0 Å². The van der Waals surface area contributed by atoms with Crippen LogP contribution in [0.4, 0.5) is 5.69 Å². The zero-order chi connectivity index (χ0) is 21.1. The summed E-state index contributed by atoms with van der Waals surface area (Å²) in [6.45, 7) is 1.90. The number of rotatable bonds is 6. The van der Waals surface area contributed by atoms with E-state index in [0.717, 1.165) is 5.56 Å². The Bertz CT molecular complexity index is 985. The maximum Gasteiger partial charge on any atom is 0.339 e. The highest BCUT2D eigenvalue weighted by atomic mass is 16.6. The van der Waals surface area contributed by atoms with Gasteiger partial charge >= 0.3 is 12.0 Å². The predicted molar refractivity (Wildman–Crippen MR) is 106 cm³/mol. The molecule has 0 saturated carbocycles. The molecule has 1 aliphatic rings. The van der Waals surface area contributed by atoms with Crippen molar-refractivity contribution in [2.75, 3.05) is 19.4 Å². The van der Waals surface area contributed by atoms with Crippen LogP contribution in [0.25, 0.3) is 0 Å². The molecule has 2 aromatic rings. The number of nitro groups is 1. The van der Waals surface area contributed by atoms with Gasteiger partial charge in [0.05, 0.1) is 5.56 Å². The second kappa shape index (κ2) is 8.09. The van der Waals surface area contributed by atoms with E-state index < -0.39 is 28.9 Å². The molecule has 0 fully saturated rings. The Morgan fingerprint density at radius 3 is 2.48 bits per heavy atom. The monoisotopic (exact) mass is 396 g/mol. The third-order valence-corrected chi connectivity index (χ3v) is 4.37. The van der Waals surface area contributed by atoms with E-state index in [9.17, 15) is 19.7 Å². The summed E-state index contributed by atoms with van der Waals surface area (Å²) in [7, 11) is 3.09. The van der Waals surface area contributed by atoms with Gasteiger partial charge < -0.3 is 15.1 Å². The molecule has 0 aromatic heterocycles. The van der Waals surface area contributed by atoms with Gasteiger partial charge in [-0.2, -0.15) is 5.10 Å². The Morgan fingerprint density at radius 1 is 1.21 bits per heavy atom. The van der Waals surface area contributed by atoms with Gasteiger partial charge in [0.1, 0.15) is 0 Å². The average molecular weight is 396 g/mol. The minimum absolute atomic E-state index is 0.243. The fraction of sp³-hybridized carbons (Fsp3) is 0.250.